The summed E-state index contributed by atoms with van der Waals surface area (Å²) in [5.41, 5.74) is -1.42. The van der Waals surface area contributed by atoms with Gasteiger partial charge in [0.15, 0.2) is 6.10 Å². The normalized spacial score (nSPS) is 16.1. The van der Waals surface area contributed by atoms with E-state index in [0.29, 0.717) is 11.1 Å². The molecular formula is C25H20F3N2NaO7. The van der Waals surface area contributed by atoms with Crippen molar-refractivity contribution < 1.29 is 71.7 Å². The van der Waals surface area contributed by atoms with Gasteiger partial charge in [0, 0.05) is 28.3 Å². The molecule has 1 aliphatic heterocycles. The molecule has 2 heterocycles. The van der Waals surface area contributed by atoms with Gasteiger partial charge >= 0.3 is 47.8 Å². The van der Waals surface area contributed by atoms with Crippen molar-refractivity contribution in [3.05, 3.63) is 64.4 Å². The first kappa shape index (κ1) is 29.2. The Bertz CT molecular complexity index is 1440. The molecule has 4 rings (SSSR count). The number of rotatable bonds is 7. The molecule has 1 aromatic heterocycles. The summed E-state index contributed by atoms with van der Waals surface area (Å²) in [6, 6.07) is 10.7. The number of cyclic esters (lactones) is 1. The fourth-order valence-corrected chi connectivity index (χ4v) is 4.00. The van der Waals surface area contributed by atoms with Gasteiger partial charge in [-0.2, -0.15) is 13.2 Å². The molecule has 0 spiro atoms. The summed E-state index contributed by atoms with van der Waals surface area (Å²) in [4.78, 5) is 51.4. The fraction of sp³-hybridized carbons (Fsp3) is 0.280. The first-order valence-electron chi connectivity index (χ1n) is 11.1. The van der Waals surface area contributed by atoms with Gasteiger partial charge in [-0.25, -0.2) is 4.79 Å². The molecule has 0 bridgehead atoms. The second-order valence-electron chi connectivity index (χ2n) is 8.55. The summed E-state index contributed by atoms with van der Waals surface area (Å²) >= 11 is 0. The van der Waals surface area contributed by atoms with Gasteiger partial charge in [0.25, 0.3) is 5.56 Å². The number of hydrogen-bond donors (Lipinski definition) is 1. The molecule has 2 atom stereocenters. The number of benzene rings is 2. The van der Waals surface area contributed by atoms with E-state index in [9.17, 15) is 37.5 Å². The van der Waals surface area contributed by atoms with Crippen LogP contribution in [-0.2, 0) is 25.2 Å². The van der Waals surface area contributed by atoms with Crippen molar-refractivity contribution in [2.45, 2.75) is 25.6 Å². The number of amides is 1. The molecule has 2 unspecified atom stereocenters. The van der Waals surface area contributed by atoms with E-state index < -0.39 is 53.8 Å². The van der Waals surface area contributed by atoms with Crippen LogP contribution < -0.4 is 45.1 Å². The number of halogens is 3. The van der Waals surface area contributed by atoms with Crippen LogP contribution in [0.25, 0.3) is 22.0 Å². The molecular weight excluding hydrogens is 520 g/mol. The summed E-state index contributed by atoms with van der Waals surface area (Å²) < 4.78 is 50.5. The minimum atomic E-state index is -4.61. The number of carbonyl (C=O) groups is 3. The van der Waals surface area contributed by atoms with E-state index >= 15 is 0 Å². The molecule has 3 aromatic rings. The number of fused-ring (bicyclic) bond motifs is 1. The van der Waals surface area contributed by atoms with E-state index in [1.54, 1.807) is 0 Å². The summed E-state index contributed by atoms with van der Waals surface area (Å²) in [6.45, 7) is 1.06. The molecule has 2 aromatic carbocycles. The van der Waals surface area contributed by atoms with Gasteiger partial charge in [-0.15, -0.1) is 0 Å². The third kappa shape index (κ3) is 6.37. The van der Waals surface area contributed by atoms with Crippen molar-refractivity contribution in [2.24, 2.45) is 5.92 Å². The topological polar surface area (TPSA) is 129 Å². The summed E-state index contributed by atoms with van der Waals surface area (Å²) in [7, 11) is 0. The molecule has 0 aliphatic carbocycles. The van der Waals surface area contributed by atoms with Crippen LogP contribution in [0.15, 0.2) is 53.3 Å². The minimum Gasteiger partial charge on any atom is -0.550 e. The van der Waals surface area contributed by atoms with Crippen molar-refractivity contribution in [3.63, 3.8) is 0 Å². The number of hydrogen-bond acceptors (Lipinski definition) is 7. The van der Waals surface area contributed by atoms with Crippen molar-refractivity contribution in [3.8, 4) is 11.3 Å². The molecule has 1 aliphatic rings. The van der Waals surface area contributed by atoms with Gasteiger partial charge in [-0.1, -0.05) is 31.2 Å². The molecule has 1 saturated heterocycles. The number of carboxylic acids is 1. The molecule has 13 heteroatoms. The van der Waals surface area contributed by atoms with E-state index in [1.807, 2.05) is 0 Å². The Hall–Kier alpha value is -3.35. The number of nitrogens with zero attached hydrogens (tertiary/aromatic N) is 1. The van der Waals surface area contributed by atoms with Crippen LogP contribution >= 0.6 is 0 Å². The van der Waals surface area contributed by atoms with Gasteiger partial charge < -0.3 is 24.4 Å². The number of carboxylic acid groups (broad SMARTS) is 1. The third-order valence-electron chi connectivity index (χ3n) is 5.82. The zero-order chi connectivity index (χ0) is 26.9. The van der Waals surface area contributed by atoms with Crippen molar-refractivity contribution in [1.29, 1.82) is 0 Å². The van der Waals surface area contributed by atoms with E-state index in [1.165, 1.54) is 54.3 Å². The predicted molar refractivity (Wildman–Crippen MR) is 122 cm³/mol. The number of aliphatic carboxylic acids is 1. The SMILES string of the molecule is CC(CC(=O)[O-])C(=O)OCC1CN(c2ccc3cc(-c4ccccc4C(F)(F)F)[nH]c(=O)c3c2)C(=O)O1.[Na+]. The minimum absolute atomic E-state index is 0. The molecule has 1 amide bonds. The van der Waals surface area contributed by atoms with E-state index in [4.69, 9.17) is 9.47 Å². The number of pyridine rings is 1. The number of alkyl halides is 3. The average molecular weight is 540 g/mol. The smallest absolute Gasteiger partial charge is 0.550 e. The van der Waals surface area contributed by atoms with E-state index in [0.717, 1.165) is 6.07 Å². The number of nitrogens with one attached hydrogen (secondary N) is 1. The number of carbonyl (C=O) groups excluding carboxylic acids is 3. The average Bonchev–Trinajstić information content (AvgIpc) is 3.21. The summed E-state index contributed by atoms with van der Waals surface area (Å²) in [6.07, 6.45) is -6.71. The fourth-order valence-electron chi connectivity index (χ4n) is 4.00. The van der Waals surface area contributed by atoms with Gasteiger partial charge in [0.1, 0.15) is 6.61 Å². The van der Waals surface area contributed by atoms with Crippen molar-refractivity contribution in [2.75, 3.05) is 18.1 Å². The Morgan fingerprint density at radius 2 is 1.89 bits per heavy atom. The van der Waals surface area contributed by atoms with E-state index in [-0.39, 0.29) is 59.4 Å². The van der Waals surface area contributed by atoms with Crippen molar-refractivity contribution in [1.82, 2.24) is 4.98 Å². The zero-order valence-electron chi connectivity index (χ0n) is 20.3. The third-order valence-corrected chi connectivity index (χ3v) is 5.82. The monoisotopic (exact) mass is 540 g/mol. The van der Waals surface area contributed by atoms with Crippen LogP contribution in [0, 0.1) is 5.92 Å². The maximum Gasteiger partial charge on any atom is 1.00 e. The van der Waals surface area contributed by atoms with Gasteiger partial charge in [0.05, 0.1) is 18.0 Å². The maximum absolute atomic E-state index is 13.4. The quantitative estimate of drug-likeness (QED) is 0.326. The number of H-pyrrole nitrogens is 1. The number of esters is 1. The molecule has 0 saturated carbocycles. The first-order chi connectivity index (χ1) is 17.4. The Labute approximate surface area is 235 Å². The molecule has 0 radical (unpaired) electrons. The van der Waals surface area contributed by atoms with Gasteiger partial charge in [-0.3, -0.25) is 14.5 Å². The van der Waals surface area contributed by atoms with Crippen LogP contribution in [0.1, 0.15) is 18.9 Å². The number of anilines is 1. The van der Waals surface area contributed by atoms with Crippen LogP contribution in [0.5, 0.6) is 0 Å². The summed E-state index contributed by atoms with van der Waals surface area (Å²) in [5.74, 6) is -3.11. The second-order valence-corrected chi connectivity index (χ2v) is 8.55. The zero-order valence-corrected chi connectivity index (χ0v) is 22.3. The van der Waals surface area contributed by atoms with Crippen LogP contribution in [-0.4, -0.2) is 42.3 Å². The molecule has 1 fully saturated rings. The van der Waals surface area contributed by atoms with Gasteiger partial charge in [0.2, 0.25) is 0 Å². The van der Waals surface area contributed by atoms with Crippen molar-refractivity contribution >= 4 is 34.5 Å². The molecule has 1 N–H and O–H groups in total. The van der Waals surface area contributed by atoms with E-state index in [2.05, 4.69) is 4.98 Å². The molecule has 38 heavy (non-hydrogen) atoms. The summed E-state index contributed by atoms with van der Waals surface area (Å²) in [5, 5.41) is 11.1. The Morgan fingerprint density at radius 1 is 1.18 bits per heavy atom. The molecule has 9 nitrogen and oxygen atoms in total. The van der Waals surface area contributed by atoms with Gasteiger partial charge in [-0.05, 0) is 36.1 Å². The molecule has 194 valence electrons. The standard InChI is InChI=1S/C25H21F3N2O7.Na/c1-13(8-21(31)32)23(34)36-12-16-11-30(24(35)37-16)15-7-6-14-9-20(29-22(33)18(14)10-15)17-4-2-3-5-19(17)25(26,27)28;/h2-7,9-10,13,16H,8,11-12H2,1H3,(H,29,33)(H,31,32);/q;+1/p-1. The number of aromatic amines is 1. The predicted octanol–water partition coefficient (Wildman–Crippen LogP) is -0.138. The number of aromatic nitrogens is 1. The van der Waals surface area contributed by atoms with Crippen LogP contribution in [0.2, 0.25) is 0 Å². The largest absolute Gasteiger partial charge is 1.00 e. The first-order valence-corrected chi connectivity index (χ1v) is 11.1. The maximum atomic E-state index is 13.4. The number of ether oxygens (including phenoxy) is 2. The Kier molecular flexibility index (Phi) is 8.90. The Balaban J connectivity index is 0.00000400. The van der Waals surface area contributed by atoms with Crippen LogP contribution in [0.4, 0.5) is 23.7 Å². The Morgan fingerprint density at radius 3 is 2.58 bits per heavy atom. The second kappa shape index (κ2) is 11.6. The van der Waals surface area contributed by atoms with Crippen LogP contribution in [0.3, 0.4) is 0 Å².